The normalized spacial score (nSPS) is 30.0. The van der Waals surface area contributed by atoms with Gasteiger partial charge in [-0.2, -0.15) is 17.5 Å². The lowest BCUT2D eigenvalue weighted by atomic mass is 9.38. The molecule has 0 radical (unpaired) electrons. The maximum absolute atomic E-state index is 13.8. The number of nitrogens with one attached hydrogen (secondary N) is 2. The Bertz CT molecular complexity index is 1500. The molecule has 0 saturated heterocycles. The molecule has 2 bridgehead atoms. The number of aliphatic imine (C=N–C) groups is 1. The first kappa shape index (κ1) is 28.1. The zero-order chi connectivity index (χ0) is 29.5. The van der Waals surface area contributed by atoms with Crippen LogP contribution in [0, 0.1) is 11.2 Å². The largest absolute Gasteiger partial charge is 0.416 e. The molecule has 7 rings (SSSR count). The lowest BCUT2D eigenvalue weighted by molar-refractivity contribution is -0.151. The van der Waals surface area contributed by atoms with E-state index in [-0.39, 0.29) is 29.4 Å². The summed E-state index contributed by atoms with van der Waals surface area (Å²) in [4.78, 5) is 17.7. The van der Waals surface area contributed by atoms with Gasteiger partial charge in [-0.1, -0.05) is 12.1 Å². The third kappa shape index (κ3) is 4.63. The first-order valence-electron chi connectivity index (χ1n) is 13.7. The summed E-state index contributed by atoms with van der Waals surface area (Å²) in [6.45, 7) is 4.00. The van der Waals surface area contributed by atoms with Gasteiger partial charge in [-0.05, 0) is 94.3 Å². The fourth-order valence-corrected chi connectivity index (χ4v) is 8.46. The molecule has 0 spiro atoms. The number of benzene rings is 2. The van der Waals surface area contributed by atoms with Gasteiger partial charge in [0.25, 0.3) is 0 Å². The van der Waals surface area contributed by atoms with Gasteiger partial charge in [0, 0.05) is 23.0 Å². The van der Waals surface area contributed by atoms with Crippen molar-refractivity contribution in [1.82, 2.24) is 14.9 Å². The second-order valence-electron chi connectivity index (χ2n) is 12.7. The van der Waals surface area contributed by atoms with Crippen LogP contribution < -0.4 is 10.6 Å². The molecule has 2 aromatic rings. The van der Waals surface area contributed by atoms with Gasteiger partial charge in [-0.25, -0.2) is 12.8 Å². The minimum atomic E-state index is -4.51. The molecule has 4 saturated carbocycles. The summed E-state index contributed by atoms with van der Waals surface area (Å²) in [7, 11) is -4.12. The van der Waals surface area contributed by atoms with Gasteiger partial charge < -0.3 is 10.6 Å². The average molecular weight is 593 g/mol. The van der Waals surface area contributed by atoms with E-state index in [0.29, 0.717) is 30.7 Å². The number of amidine groups is 1. The van der Waals surface area contributed by atoms with E-state index in [2.05, 4.69) is 15.6 Å². The predicted octanol–water partition coefficient (Wildman–Crippen LogP) is 4.78. The van der Waals surface area contributed by atoms with E-state index in [9.17, 15) is 30.8 Å². The van der Waals surface area contributed by atoms with E-state index >= 15 is 0 Å². The van der Waals surface area contributed by atoms with Crippen molar-refractivity contribution in [3.05, 3.63) is 65.5 Å². The molecule has 5 aliphatic rings. The van der Waals surface area contributed by atoms with Crippen LogP contribution in [0.4, 0.5) is 17.6 Å². The molecule has 220 valence electrons. The Balaban J connectivity index is 1.21. The topological polar surface area (TPSA) is 90.9 Å². The lowest BCUT2D eigenvalue weighted by Gasteiger charge is -2.73. The Hall–Kier alpha value is -2.99. The maximum atomic E-state index is 13.8. The summed E-state index contributed by atoms with van der Waals surface area (Å²) < 4.78 is 81.9. The van der Waals surface area contributed by atoms with E-state index in [1.165, 1.54) is 28.6 Å². The molecule has 1 aliphatic heterocycles. The number of halogens is 4. The zero-order valence-electron chi connectivity index (χ0n) is 22.8. The van der Waals surface area contributed by atoms with Gasteiger partial charge in [-0.3, -0.25) is 9.79 Å². The monoisotopic (exact) mass is 592 g/mol. The van der Waals surface area contributed by atoms with Gasteiger partial charge in [0.15, 0.2) is 0 Å². The molecule has 4 fully saturated rings. The van der Waals surface area contributed by atoms with Crippen LogP contribution in [0.25, 0.3) is 0 Å². The lowest BCUT2D eigenvalue weighted by Crippen LogP contribution is -2.79. The number of amides is 1. The number of alkyl halides is 3. The standard InChI is InChI=1S/C29H32F4N4O3S/c1-25(12-3-13-25)36-24(38)26(2)18-34-23(35-26)27-15-28(16-27,17-27)37(41(39,40)22-10-8-21(30)9-11-22)14-19-4-6-20(7-5-19)29(31,32)33/h4-11H,3,12-18H2,1-2H3,(H,34,35)(H,36,38)/t26-,27?,28?/m1/s1. The van der Waals surface area contributed by atoms with Crippen molar-refractivity contribution in [2.75, 3.05) is 6.54 Å². The molecule has 1 heterocycles. The second-order valence-corrected chi connectivity index (χ2v) is 14.5. The van der Waals surface area contributed by atoms with Gasteiger partial charge in [0.1, 0.15) is 17.2 Å². The highest BCUT2D eigenvalue weighted by atomic mass is 32.2. The summed E-state index contributed by atoms with van der Waals surface area (Å²) in [5.41, 5.74) is -2.65. The number of rotatable bonds is 8. The molecule has 0 aromatic heterocycles. The third-order valence-corrected chi connectivity index (χ3v) is 11.3. The van der Waals surface area contributed by atoms with Gasteiger partial charge in [0.05, 0.1) is 17.0 Å². The van der Waals surface area contributed by atoms with Crippen molar-refractivity contribution < 1.29 is 30.8 Å². The molecule has 7 nitrogen and oxygen atoms in total. The van der Waals surface area contributed by atoms with Crippen LogP contribution in [0.3, 0.4) is 0 Å². The number of sulfonamides is 1. The van der Waals surface area contributed by atoms with Crippen LogP contribution in [0.1, 0.15) is 63.5 Å². The fraction of sp³-hybridized carbons (Fsp3) is 0.517. The molecule has 41 heavy (non-hydrogen) atoms. The Morgan fingerprint density at radius 1 is 1.02 bits per heavy atom. The summed E-state index contributed by atoms with van der Waals surface area (Å²) >= 11 is 0. The van der Waals surface area contributed by atoms with Crippen molar-refractivity contribution in [1.29, 1.82) is 0 Å². The molecule has 2 aromatic carbocycles. The first-order chi connectivity index (χ1) is 19.1. The van der Waals surface area contributed by atoms with Crippen LogP contribution in [0.2, 0.25) is 0 Å². The smallest absolute Gasteiger partial charge is 0.358 e. The Morgan fingerprint density at radius 3 is 2.17 bits per heavy atom. The van der Waals surface area contributed by atoms with Crippen LogP contribution in [0.5, 0.6) is 0 Å². The average Bonchev–Trinajstić information content (AvgIpc) is 3.24. The molecule has 4 aliphatic carbocycles. The van der Waals surface area contributed by atoms with Crippen LogP contribution in [-0.4, -0.2) is 47.6 Å². The Morgan fingerprint density at radius 2 is 1.63 bits per heavy atom. The van der Waals surface area contributed by atoms with Gasteiger partial charge in [-0.15, -0.1) is 0 Å². The van der Waals surface area contributed by atoms with E-state index in [0.717, 1.165) is 43.5 Å². The number of hydrogen-bond donors (Lipinski definition) is 2. The first-order valence-corrected chi connectivity index (χ1v) is 15.1. The van der Waals surface area contributed by atoms with Crippen molar-refractivity contribution in [2.24, 2.45) is 10.4 Å². The van der Waals surface area contributed by atoms with E-state index < -0.39 is 44.1 Å². The Kier molecular flexibility index (Phi) is 6.18. The molecular formula is C29H32F4N4O3S. The second kappa shape index (κ2) is 9.00. The van der Waals surface area contributed by atoms with Gasteiger partial charge >= 0.3 is 6.18 Å². The molecule has 0 unspecified atom stereocenters. The summed E-state index contributed by atoms with van der Waals surface area (Å²) in [6.07, 6.45) is -0.169. The summed E-state index contributed by atoms with van der Waals surface area (Å²) in [6, 6.07) is 8.98. The SMILES string of the molecule is CC1(NC(=O)[C@@]2(C)CN=C(C34CC(N(Cc5ccc(C(F)(F)F)cc5)S(=O)(=O)c5ccc(F)cc5)(C3)C4)N2)CCC1. The molecular weight excluding hydrogens is 560 g/mol. The quantitative estimate of drug-likeness (QED) is 0.432. The van der Waals surface area contributed by atoms with E-state index in [4.69, 9.17) is 0 Å². The summed E-state index contributed by atoms with van der Waals surface area (Å²) in [5.74, 6) is 0.0124. The van der Waals surface area contributed by atoms with Gasteiger partial charge in [0.2, 0.25) is 15.9 Å². The number of hydrogen-bond acceptors (Lipinski definition) is 5. The minimum absolute atomic E-state index is 0.0883. The minimum Gasteiger partial charge on any atom is -0.358 e. The highest BCUT2D eigenvalue weighted by Crippen LogP contribution is 2.71. The van der Waals surface area contributed by atoms with Crippen molar-refractivity contribution in [3.63, 3.8) is 0 Å². The van der Waals surface area contributed by atoms with Crippen LogP contribution >= 0.6 is 0 Å². The molecule has 2 N–H and O–H groups in total. The van der Waals surface area contributed by atoms with E-state index in [1.807, 2.05) is 13.8 Å². The number of carbonyl (C=O) groups is 1. The van der Waals surface area contributed by atoms with Crippen molar-refractivity contribution in [2.45, 2.75) is 86.6 Å². The van der Waals surface area contributed by atoms with Crippen LogP contribution in [0.15, 0.2) is 58.4 Å². The molecule has 1 atom stereocenters. The highest BCUT2D eigenvalue weighted by Gasteiger charge is 2.75. The Labute approximate surface area is 236 Å². The molecule has 12 heteroatoms. The number of carbonyl (C=O) groups excluding carboxylic acids is 1. The van der Waals surface area contributed by atoms with Crippen LogP contribution in [-0.2, 0) is 27.5 Å². The zero-order valence-corrected chi connectivity index (χ0v) is 23.6. The van der Waals surface area contributed by atoms with E-state index in [1.54, 1.807) is 0 Å². The predicted molar refractivity (Wildman–Crippen MR) is 144 cm³/mol. The third-order valence-electron chi connectivity index (χ3n) is 9.36. The maximum Gasteiger partial charge on any atom is 0.416 e. The highest BCUT2D eigenvalue weighted by molar-refractivity contribution is 7.89. The summed E-state index contributed by atoms with van der Waals surface area (Å²) in [5, 5.41) is 6.49. The van der Waals surface area contributed by atoms with Crippen molar-refractivity contribution >= 4 is 21.8 Å². The molecule has 1 amide bonds. The number of nitrogens with zero attached hydrogens (tertiary/aromatic N) is 2. The fourth-order valence-electron chi connectivity index (χ4n) is 6.71. The van der Waals surface area contributed by atoms with Crippen molar-refractivity contribution in [3.8, 4) is 0 Å².